The normalized spacial score (nSPS) is 19.4. The van der Waals surface area contributed by atoms with Gasteiger partial charge in [0, 0.05) is 13.1 Å². The van der Waals surface area contributed by atoms with Crippen molar-refractivity contribution in [3.63, 3.8) is 0 Å². The Balaban J connectivity index is 1.74. The molecule has 2 aliphatic heterocycles. The summed E-state index contributed by atoms with van der Waals surface area (Å²) in [6, 6.07) is 19.7. The second-order valence-corrected chi connectivity index (χ2v) is 6.38. The number of carbonyl (C=O) groups is 1. The summed E-state index contributed by atoms with van der Waals surface area (Å²) in [5.41, 5.74) is 2.35. The number of rotatable bonds is 2. The first-order valence-electron chi connectivity index (χ1n) is 8.83. The molecule has 2 aromatic rings. The van der Waals surface area contributed by atoms with Crippen LogP contribution in [0.1, 0.15) is 24.8 Å². The summed E-state index contributed by atoms with van der Waals surface area (Å²) in [5.74, 6) is 0.703. The monoisotopic (exact) mass is 331 g/mol. The highest BCUT2D eigenvalue weighted by Gasteiger charge is 2.35. The van der Waals surface area contributed by atoms with Crippen LogP contribution in [-0.2, 0) is 4.79 Å². The van der Waals surface area contributed by atoms with Gasteiger partial charge in [-0.15, -0.1) is 0 Å². The Morgan fingerprint density at radius 1 is 0.840 bits per heavy atom. The Morgan fingerprint density at radius 3 is 2.16 bits per heavy atom. The lowest BCUT2D eigenvalue weighted by molar-refractivity contribution is -0.113. The molecule has 25 heavy (non-hydrogen) atoms. The van der Waals surface area contributed by atoms with Crippen molar-refractivity contribution in [2.75, 3.05) is 18.0 Å². The van der Waals surface area contributed by atoms with E-state index >= 15 is 0 Å². The number of para-hydroxylation sites is 1. The zero-order valence-corrected chi connectivity index (χ0v) is 14.1. The summed E-state index contributed by atoms with van der Waals surface area (Å²) in [5, 5.41) is 0. The van der Waals surface area contributed by atoms with E-state index in [1.807, 2.05) is 66.7 Å². The Kier molecular flexibility index (Phi) is 4.34. The lowest BCUT2D eigenvalue weighted by Gasteiger charge is -2.32. The average molecular weight is 331 g/mol. The minimum Gasteiger partial charge on any atom is -0.342 e. The van der Waals surface area contributed by atoms with E-state index in [2.05, 4.69) is 4.90 Å². The predicted molar refractivity (Wildman–Crippen MR) is 101 cm³/mol. The quantitative estimate of drug-likeness (QED) is 0.782. The fraction of sp³-hybridized carbons (Fsp3) is 0.238. The van der Waals surface area contributed by atoms with Crippen LogP contribution in [0.5, 0.6) is 0 Å². The maximum absolute atomic E-state index is 13.1. The van der Waals surface area contributed by atoms with Crippen LogP contribution in [0.15, 0.2) is 71.4 Å². The highest BCUT2D eigenvalue weighted by molar-refractivity contribution is 6.28. The predicted octanol–water partition coefficient (Wildman–Crippen LogP) is 3.92. The smallest absolute Gasteiger partial charge is 0.283 e. The summed E-state index contributed by atoms with van der Waals surface area (Å²) in [4.78, 5) is 21.8. The van der Waals surface area contributed by atoms with Gasteiger partial charge in [-0.05, 0) is 43.0 Å². The van der Waals surface area contributed by atoms with E-state index in [9.17, 15) is 4.79 Å². The van der Waals surface area contributed by atoms with Crippen LogP contribution in [0.4, 0.5) is 5.69 Å². The molecule has 2 heterocycles. The molecule has 2 aromatic carbocycles. The number of benzene rings is 2. The number of hydrogen-bond donors (Lipinski definition) is 0. The van der Waals surface area contributed by atoms with Crippen LogP contribution in [-0.4, -0.2) is 29.9 Å². The molecule has 4 heteroatoms. The topological polar surface area (TPSA) is 35.9 Å². The van der Waals surface area contributed by atoms with Gasteiger partial charge in [0.1, 0.15) is 5.70 Å². The van der Waals surface area contributed by atoms with Crippen LogP contribution in [0.25, 0.3) is 6.08 Å². The molecule has 0 saturated carbocycles. The van der Waals surface area contributed by atoms with Gasteiger partial charge in [-0.2, -0.15) is 0 Å². The fourth-order valence-corrected chi connectivity index (χ4v) is 3.33. The molecule has 0 radical (unpaired) electrons. The summed E-state index contributed by atoms with van der Waals surface area (Å²) in [7, 11) is 0. The second-order valence-electron chi connectivity index (χ2n) is 6.38. The number of anilines is 1. The molecule has 0 atom stereocenters. The lowest BCUT2D eigenvalue weighted by atomic mass is 10.1. The van der Waals surface area contributed by atoms with Crippen LogP contribution in [0.2, 0.25) is 0 Å². The van der Waals surface area contributed by atoms with Gasteiger partial charge in [-0.3, -0.25) is 4.79 Å². The van der Waals surface area contributed by atoms with Gasteiger partial charge in [0.15, 0.2) is 0 Å². The molecule has 0 N–H and O–H groups in total. The Bertz CT molecular complexity index is 806. The first-order valence-corrected chi connectivity index (χ1v) is 8.83. The third-order valence-corrected chi connectivity index (χ3v) is 4.60. The van der Waals surface area contributed by atoms with Gasteiger partial charge >= 0.3 is 0 Å². The molecule has 0 unspecified atom stereocenters. The van der Waals surface area contributed by atoms with Crippen molar-refractivity contribution in [2.24, 2.45) is 4.99 Å². The number of nitrogens with zero attached hydrogens (tertiary/aromatic N) is 3. The molecule has 126 valence electrons. The van der Waals surface area contributed by atoms with Crippen molar-refractivity contribution >= 4 is 23.6 Å². The van der Waals surface area contributed by atoms with E-state index in [0.29, 0.717) is 5.70 Å². The van der Waals surface area contributed by atoms with Gasteiger partial charge in [0.2, 0.25) is 5.96 Å². The van der Waals surface area contributed by atoms with Crippen LogP contribution < -0.4 is 4.90 Å². The summed E-state index contributed by atoms with van der Waals surface area (Å²) >= 11 is 0. The highest BCUT2D eigenvalue weighted by atomic mass is 16.2. The first kappa shape index (κ1) is 15.6. The summed E-state index contributed by atoms with van der Waals surface area (Å²) < 4.78 is 0. The zero-order chi connectivity index (χ0) is 17.1. The summed E-state index contributed by atoms with van der Waals surface area (Å²) in [6.45, 7) is 1.90. The SMILES string of the molecule is O=C1/C(=C\c2ccccc2)N=C(N2CCCCC2)N1c1ccccc1. The van der Waals surface area contributed by atoms with Crippen molar-refractivity contribution < 1.29 is 4.79 Å². The van der Waals surface area contributed by atoms with E-state index in [4.69, 9.17) is 4.99 Å². The number of guanidine groups is 1. The molecule has 0 spiro atoms. The minimum absolute atomic E-state index is 0.0596. The summed E-state index contributed by atoms with van der Waals surface area (Å²) in [6.07, 6.45) is 5.41. The molecule has 0 aliphatic carbocycles. The van der Waals surface area contributed by atoms with Gasteiger partial charge < -0.3 is 4.90 Å². The Hall–Kier alpha value is -2.88. The molecular weight excluding hydrogens is 310 g/mol. The lowest BCUT2D eigenvalue weighted by Crippen LogP contribution is -2.46. The van der Waals surface area contributed by atoms with Gasteiger partial charge in [0.05, 0.1) is 5.69 Å². The van der Waals surface area contributed by atoms with Crippen molar-refractivity contribution in [1.29, 1.82) is 0 Å². The maximum atomic E-state index is 13.1. The number of hydrogen-bond acceptors (Lipinski definition) is 3. The molecule has 4 rings (SSSR count). The maximum Gasteiger partial charge on any atom is 0.283 e. The number of carbonyl (C=O) groups excluding carboxylic acids is 1. The zero-order valence-electron chi connectivity index (χ0n) is 14.1. The van der Waals surface area contributed by atoms with Crippen LogP contribution >= 0.6 is 0 Å². The number of piperidine rings is 1. The van der Waals surface area contributed by atoms with E-state index in [0.717, 1.165) is 43.1 Å². The largest absolute Gasteiger partial charge is 0.342 e. The highest BCUT2D eigenvalue weighted by Crippen LogP contribution is 2.27. The Morgan fingerprint density at radius 2 is 1.48 bits per heavy atom. The van der Waals surface area contributed by atoms with E-state index < -0.39 is 0 Å². The van der Waals surface area contributed by atoms with Crippen LogP contribution in [0, 0.1) is 0 Å². The van der Waals surface area contributed by atoms with Gasteiger partial charge in [-0.1, -0.05) is 48.5 Å². The number of aliphatic imine (C=N–C) groups is 1. The second kappa shape index (κ2) is 6.93. The van der Waals surface area contributed by atoms with Gasteiger partial charge in [0.25, 0.3) is 5.91 Å². The van der Waals surface area contributed by atoms with Crippen molar-refractivity contribution in [3.8, 4) is 0 Å². The third kappa shape index (κ3) is 3.20. The van der Waals surface area contributed by atoms with Crippen molar-refractivity contribution in [2.45, 2.75) is 19.3 Å². The minimum atomic E-state index is -0.0596. The average Bonchev–Trinajstić information content (AvgIpc) is 3.00. The molecule has 4 nitrogen and oxygen atoms in total. The molecule has 1 amide bonds. The van der Waals surface area contributed by atoms with Crippen molar-refractivity contribution in [3.05, 3.63) is 71.9 Å². The van der Waals surface area contributed by atoms with Crippen molar-refractivity contribution in [1.82, 2.24) is 4.90 Å². The van der Waals surface area contributed by atoms with E-state index in [1.165, 1.54) is 6.42 Å². The molecule has 1 fully saturated rings. The molecular formula is C21H21N3O. The standard InChI is InChI=1S/C21H21N3O/c25-20-19(16-17-10-4-1-5-11-17)22-21(23-14-8-3-9-15-23)24(20)18-12-6-2-7-13-18/h1-2,4-7,10-13,16H,3,8-9,14-15H2/b19-16+. The van der Waals surface area contributed by atoms with E-state index in [-0.39, 0.29) is 5.91 Å². The van der Waals surface area contributed by atoms with E-state index in [1.54, 1.807) is 4.90 Å². The first-order chi connectivity index (χ1) is 12.3. The molecule has 0 aromatic heterocycles. The molecule has 1 saturated heterocycles. The molecule has 0 bridgehead atoms. The fourth-order valence-electron chi connectivity index (χ4n) is 3.33. The van der Waals surface area contributed by atoms with Crippen LogP contribution in [0.3, 0.4) is 0 Å². The molecule has 2 aliphatic rings. The van der Waals surface area contributed by atoms with Gasteiger partial charge in [-0.25, -0.2) is 9.89 Å². The number of likely N-dealkylation sites (tertiary alicyclic amines) is 1. The Labute approximate surface area is 148 Å². The third-order valence-electron chi connectivity index (χ3n) is 4.60. The number of amides is 1.